The van der Waals surface area contributed by atoms with E-state index < -0.39 is 17.7 Å². The van der Waals surface area contributed by atoms with Gasteiger partial charge in [-0.3, -0.25) is 9.79 Å². The molecular weight excluding hydrogens is 308 g/mol. The van der Waals surface area contributed by atoms with Crippen LogP contribution in [-0.4, -0.2) is 17.5 Å². The molecule has 1 unspecified atom stereocenters. The third-order valence-electron chi connectivity index (χ3n) is 3.67. The molecule has 5 heteroatoms. The fraction of sp³-hybridized carbons (Fsp3) is 0.176. The number of halogens is 3. The van der Waals surface area contributed by atoms with Gasteiger partial charge in [0.1, 0.15) is 17.7 Å². The van der Waals surface area contributed by atoms with Crippen molar-refractivity contribution in [3.05, 3.63) is 69.7 Å². The van der Waals surface area contributed by atoms with Crippen molar-refractivity contribution in [2.75, 3.05) is 0 Å². The molecular formula is C17H12ClF2NO. The third-order valence-corrected chi connectivity index (χ3v) is 3.98. The summed E-state index contributed by atoms with van der Waals surface area (Å²) >= 11 is 6.11. The second-order valence-electron chi connectivity index (χ2n) is 5.22. The Morgan fingerprint density at radius 2 is 1.77 bits per heavy atom. The molecule has 0 radical (unpaired) electrons. The number of carbonyl (C=O) groups excluding carboxylic acids is 1. The fourth-order valence-corrected chi connectivity index (χ4v) is 2.75. The SMILES string of the molecule is CC1N=C(c2ccc(F)cc2Cl)c2cc(F)ccc2CC1=O. The molecule has 2 aromatic rings. The van der Waals surface area contributed by atoms with E-state index in [0.717, 1.165) is 0 Å². The Bertz CT molecular complexity index is 801. The maximum Gasteiger partial charge on any atom is 0.161 e. The van der Waals surface area contributed by atoms with Crippen molar-refractivity contribution in [1.29, 1.82) is 0 Å². The van der Waals surface area contributed by atoms with Gasteiger partial charge in [-0.05, 0) is 42.8 Å². The molecule has 1 heterocycles. The van der Waals surface area contributed by atoms with E-state index in [0.29, 0.717) is 22.4 Å². The van der Waals surface area contributed by atoms with Crippen molar-refractivity contribution >= 4 is 23.1 Å². The lowest BCUT2D eigenvalue weighted by atomic mass is 9.95. The molecule has 0 saturated heterocycles. The Balaban J connectivity index is 2.26. The summed E-state index contributed by atoms with van der Waals surface area (Å²) in [7, 11) is 0. The third kappa shape index (κ3) is 2.66. The van der Waals surface area contributed by atoms with Crippen LogP contribution in [0.25, 0.3) is 0 Å². The summed E-state index contributed by atoms with van der Waals surface area (Å²) in [5.41, 5.74) is 2.11. The topological polar surface area (TPSA) is 29.4 Å². The highest BCUT2D eigenvalue weighted by Gasteiger charge is 2.24. The zero-order chi connectivity index (χ0) is 15.9. The molecule has 0 aliphatic carbocycles. The van der Waals surface area contributed by atoms with Crippen molar-refractivity contribution in [2.45, 2.75) is 19.4 Å². The molecule has 0 aromatic heterocycles. The number of benzene rings is 2. The monoisotopic (exact) mass is 319 g/mol. The van der Waals surface area contributed by atoms with Crippen LogP contribution in [0.5, 0.6) is 0 Å². The summed E-state index contributed by atoms with van der Waals surface area (Å²) in [5.74, 6) is -0.945. The van der Waals surface area contributed by atoms with Crippen molar-refractivity contribution < 1.29 is 13.6 Å². The molecule has 0 fully saturated rings. The van der Waals surface area contributed by atoms with E-state index in [2.05, 4.69) is 4.99 Å². The summed E-state index contributed by atoms with van der Waals surface area (Å²) < 4.78 is 26.9. The molecule has 2 aromatic carbocycles. The van der Waals surface area contributed by atoms with Crippen LogP contribution in [0.4, 0.5) is 8.78 Å². The summed E-state index contributed by atoms with van der Waals surface area (Å²) in [4.78, 5) is 16.5. The smallest absolute Gasteiger partial charge is 0.161 e. The zero-order valence-electron chi connectivity index (χ0n) is 11.7. The van der Waals surface area contributed by atoms with Gasteiger partial charge < -0.3 is 0 Å². The second-order valence-corrected chi connectivity index (χ2v) is 5.63. The Morgan fingerprint density at radius 1 is 1.09 bits per heavy atom. The first kappa shape index (κ1) is 14.9. The molecule has 0 bridgehead atoms. The van der Waals surface area contributed by atoms with E-state index in [-0.39, 0.29) is 17.2 Å². The molecule has 0 saturated carbocycles. The molecule has 1 aliphatic heterocycles. The second kappa shape index (κ2) is 5.61. The van der Waals surface area contributed by atoms with E-state index in [4.69, 9.17) is 11.6 Å². The first-order chi connectivity index (χ1) is 10.5. The average Bonchev–Trinajstić information content (AvgIpc) is 2.57. The fourth-order valence-electron chi connectivity index (χ4n) is 2.49. The first-order valence-electron chi connectivity index (χ1n) is 6.80. The highest BCUT2D eigenvalue weighted by Crippen LogP contribution is 2.27. The highest BCUT2D eigenvalue weighted by molar-refractivity contribution is 6.35. The highest BCUT2D eigenvalue weighted by atomic mass is 35.5. The van der Waals surface area contributed by atoms with Gasteiger partial charge in [-0.1, -0.05) is 17.7 Å². The molecule has 2 nitrogen and oxygen atoms in total. The van der Waals surface area contributed by atoms with Crippen LogP contribution in [0, 0.1) is 11.6 Å². The number of hydrogen-bond donors (Lipinski definition) is 0. The molecule has 112 valence electrons. The predicted octanol–water partition coefficient (Wildman–Crippen LogP) is 3.97. The summed E-state index contributed by atoms with van der Waals surface area (Å²) in [5, 5.41) is 0.176. The Kier molecular flexibility index (Phi) is 3.79. The Morgan fingerprint density at radius 3 is 2.50 bits per heavy atom. The van der Waals surface area contributed by atoms with E-state index in [1.807, 2.05) is 0 Å². The minimum atomic E-state index is -0.563. The summed E-state index contributed by atoms with van der Waals surface area (Å²) in [6.45, 7) is 1.68. The van der Waals surface area contributed by atoms with Gasteiger partial charge in [-0.25, -0.2) is 8.78 Å². The van der Waals surface area contributed by atoms with Crippen LogP contribution in [0.3, 0.4) is 0 Å². The first-order valence-corrected chi connectivity index (χ1v) is 7.18. The molecule has 0 amide bonds. The largest absolute Gasteiger partial charge is 0.297 e. The lowest BCUT2D eigenvalue weighted by Gasteiger charge is -2.11. The molecule has 1 aliphatic rings. The quantitative estimate of drug-likeness (QED) is 0.782. The van der Waals surface area contributed by atoms with Crippen LogP contribution in [0.1, 0.15) is 23.6 Å². The number of Topliss-reactive ketones (excluding diaryl/α,β-unsaturated/α-hetero) is 1. The number of carbonyl (C=O) groups is 1. The van der Waals surface area contributed by atoms with Crippen LogP contribution >= 0.6 is 11.6 Å². The van der Waals surface area contributed by atoms with Crippen LogP contribution in [0.15, 0.2) is 41.4 Å². The Labute approximate surface area is 131 Å². The van der Waals surface area contributed by atoms with Crippen LogP contribution < -0.4 is 0 Å². The number of hydrogen-bond acceptors (Lipinski definition) is 2. The lowest BCUT2D eigenvalue weighted by molar-refractivity contribution is -0.119. The minimum Gasteiger partial charge on any atom is -0.297 e. The van der Waals surface area contributed by atoms with Gasteiger partial charge >= 0.3 is 0 Å². The molecule has 0 spiro atoms. The van der Waals surface area contributed by atoms with Crippen LogP contribution in [0.2, 0.25) is 5.02 Å². The van der Waals surface area contributed by atoms with Crippen LogP contribution in [-0.2, 0) is 11.2 Å². The number of ketones is 1. The van der Waals surface area contributed by atoms with Gasteiger partial charge in [0.2, 0.25) is 0 Å². The predicted molar refractivity (Wildman–Crippen MR) is 81.6 cm³/mol. The maximum absolute atomic E-state index is 13.6. The lowest BCUT2D eigenvalue weighted by Crippen LogP contribution is -2.16. The van der Waals surface area contributed by atoms with Crippen molar-refractivity contribution in [3.8, 4) is 0 Å². The van der Waals surface area contributed by atoms with E-state index >= 15 is 0 Å². The molecule has 3 rings (SSSR count). The van der Waals surface area contributed by atoms with Crippen molar-refractivity contribution in [1.82, 2.24) is 0 Å². The van der Waals surface area contributed by atoms with E-state index in [9.17, 15) is 13.6 Å². The average molecular weight is 320 g/mol. The standard InChI is InChI=1S/C17H12ClF2NO/c1-9-16(22)6-10-2-3-11(19)7-14(10)17(21-9)13-5-4-12(20)8-15(13)18/h2-5,7-9H,6H2,1H3. The number of aliphatic imine (C=N–C) groups is 1. The van der Waals surface area contributed by atoms with Gasteiger partial charge in [-0.15, -0.1) is 0 Å². The zero-order valence-corrected chi connectivity index (χ0v) is 12.5. The molecule has 22 heavy (non-hydrogen) atoms. The normalized spacial score (nSPS) is 17.7. The number of fused-ring (bicyclic) bond motifs is 1. The van der Waals surface area contributed by atoms with Crippen molar-refractivity contribution in [2.24, 2.45) is 4.99 Å². The minimum absolute atomic E-state index is 0.0545. The van der Waals surface area contributed by atoms with Gasteiger partial charge in [0.25, 0.3) is 0 Å². The number of rotatable bonds is 1. The molecule has 1 atom stereocenters. The number of nitrogens with zero attached hydrogens (tertiary/aromatic N) is 1. The Hall–Kier alpha value is -2.07. The van der Waals surface area contributed by atoms with Crippen molar-refractivity contribution in [3.63, 3.8) is 0 Å². The van der Waals surface area contributed by atoms with Gasteiger partial charge in [-0.2, -0.15) is 0 Å². The summed E-state index contributed by atoms with van der Waals surface area (Å²) in [6.07, 6.45) is 0.183. The van der Waals surface area contributed by atoms with E-state index in [1.165, 1.54) is 30.3 Å². The summed E-state index contributed by atoms with van der Waals surface area (Å²) in [6, 6.07) is 7.59. The van der Waals surface area contributed by atoms with Gasteiger partial charge in [0.15, 0.2) is 5.78 Å². The van der Waals surface area contributed by atoms with Gasteiger partial charge in [0.05, 0.1) is 10.7 Å². The maximum atomic E-state index is 13.6. The van der Waals surface area contributed by atoms with E-state index in [1.54, 1.807) is 13.0 Å². The van der Waals surface area contributed by atoms with Gasteiger partial charge in [0, 0.05) is 17.5 Å². The molecule has 0 N–H and O–H groups in total.